The first-order valence-electron chi connectivity index (χ1n) is 13.8. The molecule has 2 atom stereocenters. The molecule has 0 saturated carbocycles. The van der Waals surface area contributed by atoms with Crippen LogP contribution < -0.4 is 23.8 Å². The van der Waals surface area contributed by atoms with Crippen molar-refractivity contribution in [3.05, 3.63) is 78.4 Å². The number of methoxy groups -OCH3 is 1. The summed E-state index contributed by atoms with van der Waals surface area (Å²) in [7, 11) is -2.65. The van der Waals surface area contributed by atoms with Crippen molar-refractivity contribution in [3.8, 4) is 17.2 Å². The number of anilines is 1. The highest BCUT2D eigenvalue weighted by Gasteiger charge is 2.33. The third-order valence-corrected chi connectivity index (χ3v) is 8.87. The summed E-state index contributed by atoms with van der Waals surface area (Å²) in [6.45, 7) is 5.68. The van der Waals surface area contributed by atoms with Crippen molar-refractivity contribution < 1.29 is 32.2 Å². The molecule has 0 aliphatic carbocycles. The molecule has 3 aromatic carbocycles. The van der Waals surface area contributed by atoms with Gasteiger partial charge in [-0.3, -0.25) is 13.9 Å². The predicted octanol–water partition coefficient (Wildman–Crippen LogP) is 3.99. The van der Waals surface area contributed by atoms with Gasteiger partial charge in [0, 0.05) is 18.7 Å². The van der Waals surface area contributed by atoms with E-state index in [0.717, 1.165) is 16.3 Å². The van der Waals surface area contributed by atoms with E-state index >= 15 is 0 Å². The van der Waals surface area contributed by atoms with Crippen molar-refractivity contribution in [1.29, 1.82) is 0 Å². The van der Waals surface area contributed by atoms with Crippen LogP contribution in [0.25, 0.3) is 0 Å². The lowest BCUT2D eigenvalue weighted by molar-refractivity contribution is -0.139. The summed E-state index contributed by atoms with van der Waals surface area (Å²) >= 11 is 0. The van der Waals surface area contributed by atoms with E-state index in [2.05, 4.69) is 5.32 Å². The Hall–Kier alpha value is -4.25. The average Bonchev–Trinajstić information content (AvgIpc) is 3.02. The molecule has 2 amide bonds. The van der Waals surface area contributed by atoms with Gasteiger partial charge in [-0.25, -0.2) is 8.42 Å². The van der Waals surface area contributed by atoms with Gasteiger partial charge in [0.25, 0.3) is 10.0 Å². The molecular formula is C31H37N3O7S. The highest BCUT2D eigenvalue weighted by molar-refractivity contribution is 7.92. The maximum atomic E-state index is 14.1. The van der Waals surface area contributed by atoms with Crippen molar-refractivity contribution in [2.75, 3.05) is 31.2 Å². The second-order valence-electron chi connectivity index (χ2n) is 10.0. The highest BCUT2D eigenvalue weighted by atomic mass is 32.2. The first kappa shape index (κ1) is 30.7. The second-order valence-corrected chi connectivity index (χ2v) is 11.9. The molecule has 224 valence electrons. The summed E-state index contributed by atoms with van der Waals surface area (Å²) in [5.41, 5.74) is 0.956. The Balaban J connectivity index is 1.73. The standard InChI is InChI=1S/C31H37N3O7S/c1-5-22(2)32-31(36)23(3)33(20-24-10-9-11-26(18-24)39-4)30(35)21-34(42(37,38)27-12-7-6-8-13-27)25-14-15-28-29(19-25)41-17-16-40-28/h6-15,18-19,22-23H,5,16-17,20-21H2,1-4H3,(H,32,36)/t22-,23-/m0/s1. The van der Waals surface area contributed by atoms with Gasteiger partial charge in [0.2, 0.25) is 11.8 Å². The Morgan fingerprint density at radius 3 is 2.36 bits per heavy atom. The topological polar surface area (TPSA) is 114 Å². The quantitative estimate of drug-likeness (QED) is 0.337. The largest absolute Gasteiger partial charge is 0.497 e. The van der Waals surface area contributed by atoms with Crippen LogP contribution in [0.4, 0.5) is 5.69 Å². The Labute approximate surface area is 247 Å². The van der Waals surface area contributed by atoms with Gasteiger partial charge in [0.1, 0.15) is 31.5 Å². The van der Waals surface area contributed by atoms with Gasteiger partial charge < -0.3 is 24.4 Å². The van der Waals surface area contributed by atoms with E-state index < -0.39 is 28.5 Å². The molecule has 0 spiro atoms. The number of benzene rings is 3. The summed E-state index contributed by atoms with van der Waals surface area (Å²) in [4.78, 5) is 28.7. The minimum atomic E-state index is -4.19. The van der Waals surface area contributed by atoms with E-state index in [1.54, 1.807) is 68.6 Å². The zero-order chi connectivity index (χ0) is 30.3. The van der Waals surface area contributed by atoms with Crippen LogP contribution in [0.2, 0.25) is 0 Å². The summed E-state index contributed by atoms with van der Waals surface area (Å²) in [6, 6.07) is 18.8. The molecule has 1 aliphatic heterocycles. The zero-order valence-electron chi connectivity index (χ0n) is 24.3. The fraction of sp³-hybridized carbons (Fsp3) is 0.355. The van der Waals surface area contributed by atoms with Crippen LogP contribution in [0, 0.1) is 0 Å². The average molecular weight is 596 g/mol. The van der Waals surface area contributed by atoms with Crippen LogP contribution in [0.1, 0.15) is 32.8 Å². The molecule has 0 radical (unpaired) electrons. The van der Waals surface area contributed by atoms with Gasteiger partial charge in [0.15, 0.2) is 11.5 Å². The summed E-state index contributed by atoms with van der Waals surface area (Å²) in [6.07, 6.45) is 0.718. The molecular weight excluding hydrogens is 558 g/mol. The lowest BCUT2D eigenvalue weighted by Crippen LogP contribution is -2.52. The maximum absolute atomic E-state index is 14.1. The third-order valence-electron chi connectivity index (χ3n) is 7.08. The number of sulfonamides is 1. The minimum absolute atomic E-state index is 0.0228. The molecule has 10 nitrogen and oxygen atoms in total. The van der Waals surface area contributed by atoms with Crippen LogP contribution in [-0.4, -0.2) is 64.1 Å². The number of nitrogens with zero attached hydrogens (tertiary/aromatic N) is 2. The first-order valence-corrected chi connectivity index (χ1v) is 15.3. The fourth-order valence-corrected chi connectivity index (χ4v) is 5.88. The smallest absolute Gasteiger partial charge is 0.264 e. The van der Waals surface area contributed by atoms with E-state index in [-0.39, 0.29) is 29.1 Å². The molecule has 11 heteroatoms. The first-order chi connectivity index (χ1) is 20.1. The molecule has 1 N–H and O–H groups in total. The molecule has 0 unspecified atom stereocenters. The third kappa shape index (κ3) is 7.14. The number of fused-ring (bicyclic) bond motifs is 1. The predicted molar refractivity (Wildman–Crippen MR) is 159 cm³/mol. The zero-order valence-corrected chi connectivity index (χ0v) is 25.1. The summed E-state index contributed by atoms with van der Waals surface area (Å²) < 4.78 is 45.6. The highest BCUT2D eigenvalue weighted by Crippen LogP contribution is 2.36. The monoisotopic (exact) mass is 595 g/mol. The van der Waals surface area contributed by atoms with Gasteiger partial charge in [-0.1, -0.05) is 37.3 Å². The number of carbonyl (C=O) groups is 2. The molecule has 1 heterocycles. The molecule has 1 aliphatic rings. The van der Waals surface area contributed by atoms with Crippen molar-refractivity contribution in [2.24, 2.45) is 0 Å². The number of amides is 2. The fourth-order valence-electron chi connectivity index (χ4n) is 4.45. The molecule has 0 fully saturated rings. The lowest BCUT2D eigenvalue weighted by atomic mass is 10.1. The molecule has 42 heavy (non-hydrogen) atoms. The van der Waals surface area contributed by atoms with Gasteiger partial charge in [0.05, 0.1) is 17.7 Å². The van der Waals surface area contributed by atoms with Gasteiger partial charge in [-0.2, -0.15) is 0 Å². The van der Waals surface area contributed by atoms with Crippen molar-refractivity contribution >= 4 is 27.5 Å². The maximum Gasteiger partial charge on any atom is 0.264 e. The van der Waals surface area contributed by atoms with E-state index in [1.165, 1.54) is 17.0 Å². The Bertz CT molecular complexity index is 1500. The molecule has 0 bridgehead atoms. The van der Waals surface area contributed by atoms with E-state index in [0.29, 0.717) is 30.5 Å². The number of rotatable bonds is 12. The van der Waals surface area contributed by atoms with Crippen LogP contribution in [-0.2, 0) is 26.2 Å². The molecule has 0 aromatic heterocycles. The van der Waals surface area contributed by atoms with E-state index in [1.807, 2.05) is 19.9 Å². The minimum Gasteiger partial charge on any atom is -0.497 e. The van der Waals surface area contributed by atoms with Gasteiger partial charge in [-0.05, 0) is 62.2 Å². The molecule has 3 aromatic rings. The number of hydrogen-bond acceptors (Lipinski definition) is 7. The summed E-state index contributed by atoms with van der Waals surface area (Å²) in [5.74, 6) is 0.579. The molecule has 0 saturated heterocycles. The van der Waals surface area contributed by atoms with Gasteiger partial charge >= 0.3 is 0 Å². The Morgan fingerprint density at radius 1 is 0.952 bits per heavy atom. The van der Waals surface area contributed by atoms with Crippen LogP contribution in [0.5, 0.6) is 17.2 Å². The summed E-state index contributed by atoms with van der Waals surface area (Å²) in [5, 5.41) is 2.93. The molecule has 4 rings (SSSR count). The van der Waals surface area contributed by atoms with Crippen LogP contribution >= 0.6 is 0 Å². The number of nitrogens with one attached hydrogen (secondary N) is 1. The van der Waals surface area contributed by atoms with Crippen molar-refractivity contribution in [2.45, 2.75) is 50.7 Å². The number of ether oxygens (including phenoxy) is 3. The van der Waals surface area contributed by atoms with Crippen molar-refractivity contribution in [1.82, 2.24) is 10.2 Å². The Morgan fingerprint density at radius 2 is 1.67 bits per heavy atom. The second kappa shape index (κ2) is 13.6. The number of carbonyl (C=O) groups excluding carboxylic acids is 2. The lowest BCUT2D eigenvalue weighted by Gasteiger charge is -2.32. The Kier molecular flexibility index (Phi) is 9.95. The van der Waals surface area contributed by atoms with Crippen LogP contribution in [0.15, 0.2) is 77.7 Å². The van der Waals surface area contributed by atoms with Crippen LogP contribution in [0.3, 0.4) is 0 Å². The van der Waals surface area contributed by atoms with E-state index in [4.69, 9.17) is 14.2 Å². The van der Waals surface area contributed by atoms with Gasteiger partial charge in [-0.15, -0.1) is 0 Å². The number of hydrogen-bond donors (Lipinski definition) is 1. The van der Waals surface area contributed by atoms with E-state index in [9.17, 15) is 18.0 Å². The normalized spacial score (nSPS) is 13.9. The van der Waals surface area contributed by atoms with Crippen molar-refractivity contribution in [3.63, 3.8) is 0 Å². The SMILES string of the molecule is CC[C@H](C)NC(=O)[C@H](C)N(Cc1cccc(OC)c1)C(=O)CN(c1ccc2c(c1)OCCO2)S(=O)(=O)c1ccccc1.